The number of rotatable bonds is 6. The largest absolute Gasteiger partial charge is 0.497 e. The molecule has 0 aromatic heterocycles. The molecule has 0 bridgehead atoms. The van der Waals surface area contributed by atoms with Crippen LogP contribution in [0.1, 0.15) is 30.5 Å². The highest BCUT2D eigenvalue weighted by Gasteiger charge is 2.17. The van der Waals surface area contributed by atoms with Crippen molar-refractivity contribution in [1.82, 2.24) is 5.32 Å². The SMILES string of the molecule is CCCNC(c1cccc(Br)c1)c1ccc(OC)cc1Cl. The molecule has 2 rings (SSSR count). The zero-order chi connectivity index (χ0) is 15.2. The van der Waals surface area contributed by atoms with Crippen LogP contribution in [0.15, 0.2) is 46.9 Å². The molecule has 112 valence electrons. The van der Waals surface area contributed by atoms with E-state index in [1.54, 1.807) is 7.11 Å². The van der Waals surface area contributed by atoms with Gasteiger partial charge in [-0.2, -0.15) is 0 Å². The predicted molar refractivity (Wildman–Crippen MR) is 92.3 cm³/mol. The van der Waals surface area contributed by atoms with Crippen LogP contribution < -0.4 is 10.1 Å². The average Bonchev–Trinajstić information content (AvgIpc) is 2.49. The second kappa shape index (κ2) is 7.83. The van der Waals surface area contributed by atoms with Crippen LogP contribution in [0.3, 0.4) is 0 Å². The minimum Gasteiger partial charge on any atom is -0.497 e. The molecule has 1 unspecified atom stereocenters. The number of benzene rings is 2. The number of halogens is 2. The van der Waals surface area contributed by atoms with Crippen LogP contribution in [-0.4, -0.2) is 13.7 Å². The van der Waals surface area contributed by atoms with E-state index < -0.39 is 0 Å². The lowest BCUT2D eigenvalue weighted by molar-refractivity contribution is 0.414. The van der Waals surface area contributed by atoms with Crippen molar-refractivity contribution in [2.75, 3.05) is 13.7 Å². The molecule has 0 aliphatic heterocycles. The Morgan fingerprint density at radius 2 is 2.05 bits per heavy atom. The van der Waals surface area contributed by atoms with Gasteiger partial charge in [0.25, 0.3) is 0 Å². The summed E-state index contributed by atoms with van der Waals surface area (Å²) in [6.45, 7) is 3.08. The topological polar surface area (TPSA) is 21.3 Å². The lowest BCUT2D eigenvalue weighted by atomic mass is 9.98. The summed E-state index contributed by atoms with van der Waals surface area (Å²) in [6.07, 6.45) is 1.07. The second-order valence-corrected chi connectivity index (χ2v) is 6.15. The Balaban J connectivity index is 2.40. The molecule has 0 saturated heterocycles. The van der Waals surface area contributed by atoms with E-state index >= 15 is 0 Å². The first kappa shape index (κ1) is 16.3. The van der Waals surface area contributed by atoms with E-state index in [9.17, 15) is 0 Å². The third-order valence-corrected chi connectivity index (χ3v) is 4.12. The van der Waals surface area contributed by atoms with Crippen LogP contribution in [0.2, 0.25) is 5.02 Å². The maximum absolute atomic E-state index is 6.44. The molecule has 0 aliphatic carbocycles. The Bertz CT molecular complexity index is 603. The maximum atomic E-state index is 6.44. The summed E-state index contributed by atoms with van der Waals surface area (Å²) in [5.74, 6) is 0.771. The van der Waals surface area contributed by atoms with Crippen molar-refractivity contribution in [3.8, 4) is 5.75 Å². The molecule has 0 amide bonds. The van der Waals surface area contributed by atoms with Crippen LogP contribution in [0.5, 0.6) is 5.75 Å². The van der Waals surface area contributed by atoms with Crippen LogP contribution in [0, 0.1) is 0 Å². The van der Waals surface area contributed by atoms with Crippen LogP contribution in [0.4, 0.5) is 0 Å². The minimum absolute atomic E-state index is 0.0702. The van der Waals surface area contributed by atoms with Crippen molar-refractivity contribution in [3.63, 3.8) is 0 Å². The van der Waals surface area contributed by atoms with Crippen molar-refractivity contribution in [3.05, 3.63) is 63.1 Å². The Labute approximate surface area is 139 Å². The fourth-order valence-electron chi connectivity index (χ4n) is 2.25. The Kier molecular flexibility index (Phi) is 6.09. The van der Waals surface area contributed by atoms with Crippen molar-refractivity contribution in [1.29, 1.82) is 0 Å². The maximum Gasteiger partial charge on any atom is 0.120 e. The molecule has 2 aromatic rings. The van der Waals surface area contributed by atoms with Gasteiger partial charge >= 0.3 is 0 Å². The van der Waals surface area contributed by atoms with E-state index in [4.69, 9.17) is 16.3 Å². The number of ether oxygens (including phenoxy) is 1. The summed E-state index contributed by atoms with van der Waals surface area (Å²) in [5.41, 5.74) is 2.24. The smallest absolute Gasteiger partial charge is 0.120 e. The second-order valence-electron chi connectivity index (χ2n) is 4.83. The first-order chi connectivity index (χ1) is 10.2. The highest BCUT2D eigenvalue weighted by molar-refractivity contribution is 9.10. The molecule has 0 saturated carbocycles. The highest BCUT2D eigenvalue weighted by atomic mass is 79.9. The molecule has 0 radical (unpaired) electrons. The third-order valence-electron chi connectivity index (χ3n) is 3.30. The third kappa shape index (κ3) is 4.22. The van der Waals surface area contributed by atoms with Gasteiger partial charge in [-0.25, -0.2) is 0 Å². The van der Waals surface area contributed by atoms with Crippen molar-refractivity contribution < 1.29 is 4.74 Å². The standard InChI is InChI=1S/C17H19BrClNO/c1-3-9-20-17(12-5-4-6-13(18)10-12)15-8-7-14(21-2)11-16(15)19/h4-8,10-11,17,20H,3,9H2,1-2H3. The highest BCUT2D eigenvalue weighted by Crippen LogP contribution is 2.32. The predicted octanol–water partition coefficient (Wildman–Crippen LogP) is 5.20. The number of hydrogen-bond donors (Lipinski definition) is 1. The van der Waals surface area contributed by atoms with Gasteiger partial charge < -0.3 is 10.1 Å². The Hall–Kier alpha value is -1.03. The van der Waals surface area contributed by atoms with Gasteiger partial charge in [-0.3, -0.25) is 0 Å². The molecule has 1 atom stereocenters. The van der Waals surface area contributed by atoms with Gasteiger partial charge in [-0.05, 0) is 48.4 Å². The molecular weight excluding hydrogens is 350 g/mol. The fraction of sp³-hybridized carbons (Fsp3) is 0.294. The summed E-state index contributed by atoms with van der Waals surface area (Å²) in [5, 5.41) is 4.27. The molecule has 0 heterocycles. The number of hydrogen-bond acceptors (Lipinski definition) is 2. The minimum atomic E-state index is 0.0702. The van der Waals surface area contributed by atoms with E-state index in [-0.39, 0.29) is 6.04 Å². The monoisotopic (exact) mass is 367 g/mol. The van der Waals surface area contributed by atoms with Gasteiger partial charge in [-0.15, -0.1) is 0 Å². The number of methoxy groups -OCH3 is 1. The summed E-state index contributed by atoms with van der Waals surface area (Å²) in [6, 6.07) is 14.2. The molecule has 0 fully saturated rings. The van der Waals surface area contributed by atoms with Crippen LogP contribution >= 0.6 is 27.5 Å². The van der Waals surface area contributed by atoms with Gasteiger partial charge in [0, 0.05) is 9.50 Å². The zero-order valence-corrected chi connectivity index (χ0v) is 14.5. The normalized spacial score (nSPS) is 12.2. The summed E-state index contributed by atoms with van der Waals surface area (Å²) >= 11 is 9.97. The fourth-order valence-corrected chi connectivity index (χ4v) is 2.95. The molecular formula is C17H19BrClNO. The van der Waals surface area contributed by atoms with Gasteiger partial charge in [0.15, 0.2) is 0 Å². The Morgan fingerprint density at radius 3 is 2.67 bits per heavy atom. The van der Waals surface area contributed by atoms with Crippen molar-refractivity contribution in [2.45, 2.75) is 19.4 Å². The van der Waals surface area contributed by atoms with E-state index in [1.807, 2.05) is 30.3 Å². The van der Waals surface area contributed by atoms with E-state index in [2.05, 4.69) is 40.3 Å². The van der Waals surface area contributed by atoms with Crippen molar-refractivity contribution in [2.24, 2.45) is 0 Å². The molecule has 2 nitrogen and oxygen atoms in total. The molecule has 2 aromatic carbocycles. The first-order valence-corrected chi connectivity index (χ1v) is 8.15. The molecule has 21 heavy (non-hydrogen) atoms. The van der Waals surface area contributed by atoms with Gasteiger partial charge in [-0.1, -0.05) is 52.7 Å². The van der Waals surface area contributed by atoms with E-state index in [0.717, 1.165) is 28.8 Å². The van der Waals surface area contributed by atoms with Gasteiger partial charge in [0.2, 0.25) is 0 Å². The van der Waals surface area contributed by atoms with Gasteiger partial charge in [0.05, 0.1) is 13.2 Å². The lowest BCUT2D eigenvalue weighted by Crippen LogP contribution is -2.23. The molecule has 0 spiro atoms. The van der Waals surface area contributed by atoms with Gasteiger partial charge in [0.1, 0.15) is 5.75 Å². The van der Waals surface area contributed by atoms with E-state index in [0.29, 0.717) is 5.02 Å². The molecule has 4 heteroatoms. The Morgan fingerprint density at radius 1 is 1.24 bits per heavy atom. The van der Waals surface area contributed by atoms with Crippen molar-refractivity contribution >= 4 is 27.5 Å². The molecule has 0 aliphatic rings. The quantitative estimate of drug-likeness (QED) is 0.756. The van der Waals surface area contributed by atoms with Crippen LogP contribution in [-0.2, 0) is 0 Å². The molecule has 1 N–H and O–H groups in total. The summed E-state index contributed by atoms with van der Waals surface area (Å²) in [4.78, 5) is 0. The summed E-state index contributed by atoms with van der Waals surface area (Å²) in [7, 11) is 1.65. The van der Waals surface area contributed by atoms with Crippen LogP contribution in [0.25, 0.3) is 0 Å². The number of nitrogens with one attached hydrogen (secondary N) is 1. The summed E-state index contributed by atoms with van der Waals surface area (Å²) < 4.78 is 6.29. The zero-order valence-electron chi connectivity index (χ0n) is 12.2. The van der Waals surface area contributed by atoms with E-state index in [1.165, 1.54) is 5.56 Å². The first-order valence-electron chi connectivity index (χ1n) is 6.98. The lowest BCUT2D eigenvalue weighted by Gasteiger charge is -2.21. The average molecular weight is 369 g/mol.